The van der Waals surface area contributed by atoms with Gasteiger partial charge in [-0.2, -0.15) is 0 Å². The fourth-order valence-electron chi connectivity index (χ4n) is 2.08. The number of benzene rings is 1. The SMILES string of the molecule is CC(O)CC(C)O.Cc1nc(C(C)C)cnc1-c1[c-]cccc1.[Ir]. The fourth-order valence-corrected chi connectivity index (χ4v) is 2.08. The van der Waals surface area contributed by atoms with Crippen LogP contribution < -0.4 is 0 Å². The average Bonchev–Trinajstić information content (AvgIpc) is 2.47. The van der Waals surface area contributed by atoms with Gasteiger partial charge in [-0.05, 0) is 33.1 Å². The van der Waals surface area contributed by atoms with Crippen LogP contribution in [0.25, 0.3) is 11.3 Å². The topological polar surface area (TPSA) is 66.2 Å². The Kier molecular flexibility index (Phi) is 10.9. The van der Waals surface area contributed by atoms with Crippen LogP contribution in [0.3, 0.4) is 0 Å². The van der Waals surface area contributed by atoms with Crippen molar-refractivity contribution in [1.82, 2.24) is 9.97 Å². The Morgan fingerprint density at radius 3 is 2.08 bits per heavy atom. The molecule has 0 saturated heterocycles. The minimum Gasteiger partial charge on any atom is -0.393 e. The molecule has 135 valence electrons. The number of aromatic nitrogens is 2. The summed E-state index contributed by atoms with van der Waals surface area (Å²) in [5.41, 5.74) is 3.93. The van der Waals surface area contributed by atoms with Crippen LogP contribution in [0.4, 0.5) is 0 Å². The summed E-state index contributed by atoms with van der Waals surface area (Å²) in [6.45, 7) is 9.56. The van der Waals surface area contributed by atoms with Crippen molar-refractivity contribution in [2.24, 2.45) is 0 Å². The summed E-state index contributed by atoms with van der Waals surface area (Å²) in [6, 6.07) is 11.0. The molecule has 1 radical (unpaired) electrons. The number of hydrogen-bond acceptors (Lipinski definition) is 4. The molecule has 2 unspecified atom stereocenters. The molecule has 0 amide bonds. The number of nitrogens with zero attached hydrogens (tertiary/aromatic N) is 2. The van der Waals surface area contributed by atoms with Crippen molar-refractivity contribution >= 4 is 0 Å². The van der Waals surface area contributed by atoms with Crippen molar-refractivity contribution in [2.75, 3.05) is 0 Å². The van der Waals surface area contributed by atoms with Crippen LogP contribution >= 0.6 is 0 Å². The summed E-state index contributed by atoms with van der Waals surface area (Å²) in [5, 5.41) is 17.1. The second-order valence-electron chi connectivity index (χ2n) is 6.09. The second kappa shape index (κ2) is 11.4. The number of aliphatic hydroxyl groups excluding tert-OH is 2. The van der Waals surface area contributed by atoms with Gasteiger partial charge in [0.05, 0.1) is 17.9 Å². The van der Waals surface area contributed by atoms with E-state index in [1.54, 1.807) is 13.8 Å². The normalized spacial score (nSPS) is 12.7. The van der Waals surface area contributed by atoms with Gasteiger partial charge in [0, 0.05) is 37.7 Å². The first-order valence-electron chi connectivity index (χ1n) is 7.98. The Morgan fingerprint density at radius 2 is 1.71 bits per heavy atom. The van der Waals surface area contributed by atoms with Crippen LogP contribution in [0.15, 0.2) is 30.5 Å². The number of aryl methyl sites for hydroxylation is 1. The summed E-state index contributed by atoms with van der Waals surface area (Å²) in [5.74, 6) is 0.417. The van der Waals surface area contributed by atoms with Gasteiger partial charge in [-0.25, -0.2) is 0 Å². The summed E-state index contributed by atoms with van der Waals surface area (Å²) >= 11 is 0. The summed E-state index contributed by atoms with van der Waals surface area (Å²) < 4.78 is 0. The fraction of sp³-hybridized carbons (Fsp3) is 0.474. The van der Waals surface area contributed by atoms with Crippen LogP contribution in [-0.4, -0.2) is 32.4 Å². The van der Waals surface area contributed by atoms with Crippen molar-refractivity contribution in [3.63, 3.8) is 0 Å². The smallest absolute Gasteiger partial charge is 0.0596 e. The van der Waals surface area contributed by atoms with Gasteiger partial charge in [0.1, 0.15) is 0 Å². The third-order valence-corrected chi connectivity index (χ3v) is 3.20. The van der Waals surface area contributed by atoms with Gasteiger partial charge in [0.15, 0.2) is 0 Å². The maximum absolute atomic E-state index is 8.56. The first-order chi connectivity index (χ1) is 10.8. The Bertz CT molecular complexity index is 581. The first-order valence-corrected chi connectivity index (χ1v) is 7.98. The zero-order valence-corrected chi connectivity index (χ0v) is 17.3. The molecular formula is C19H27IrN2O2-. The Balaban J connectivity index is 0.000000570. The summed E-state index contributed by atoms with van der Waals surface area (Å²) in [6.07, 6.45) is 1.58. The monoisotopic (exact) mass is 508 g/mol. The minimum absolute atomic E-state index is 0. The molecule has 0 aliphatic heterocycles. The van der Waals surface area contributed by atoms with Gasteiger partial charge in [0.2, 0.25) is 0 Å². The molecule has 5 heteroatoms. The molecule has 0 aliphatic rings. The molecule has 2 aromatic rings. The van der Waals surface area contributed by atoms with E-state index in [-0.39, 0.29) is 32.3 Å². The van der Waals surface area contributed by atoms with Gasteiger partial charge >= 0.3 is 0 Å². The molecule has 0 fully saturated rings. The van der Waals surface area contributed by atoms with Crippen molar-refractivity contribution in [3.8, 4) is 11.3 Å². The summed E-state index contributed by atoms with van der Waals surface area (Å²) in [4.78, 5) is 9.04. The van der Waals surface area contributed by atoms with Crippen molar-refractivity contribution in [1.29, 1.82) is 0 Å². The average molecular weight is 508 g/mol. The molecule has 1 aromatic heterocycles. The molecule has 0 saturated carbocycles. The van der Waals surface area contributed by atoms with Gasteiger partial charge in [0.25, 0.3) is 0 Å². The van der Waals surface area contributed by atoms with E-state index in [2.05, 4.69) is 29.9 Å². The molecule has 24 heavy (non-hydrogen) atoms. The molecule has 2 atom stereocenters. The predicted octanol–water partition coefficient (Wildman–Crippen LogP) is 3.51. The van der Waals surface area contributed by atoms with E-state index in [1.165, 1.54) is 0 Å². The Labute approximate surface area is 158 Å². The van der Waals surface area contributed by atoms with Crippen molar-refractivity contribution in [3.05, 3.63) is 47.9 Å². The van der Waals surface area contributed by atoms with Crippen LogP contribution in [0.2, 0.25) is 0 Å². The molecule has 0 aliphatic carbocycles. The third-order valence-electron chi connectivity index (χ3n) is 3.20. The second-order valence-corrected chi connectivity index (χ2v) is 6.09. The van der Waals surface area contributed by atoms with E-state index in [0.717, 1.165) is 22.6 Å². The molecule has 0 spiro atoms. The van der Waals surface area contributed by atoms with Gasteiger partial charge in [-0.15, -0.1) is 35.9 Å². The molecule has 1 heterocycles. The maximum atomic E-state index is 8.56. The number of hydrogen-bond donors (Lipinski definition) is 2. The standard InChI is InChI=1S/C14H15N2.C5H12O2.Ir/c1-10(2)13-9-15-14(11(3)16-13)12-7-5-4-6-8-12;1-4(6)3-5(2)7;/h4-7,9-10H,1-3H3;4-7H,3H2,1-2H3;/q-1;;. The zero-order chi connectivity index (χ0) is 17.4. The van der Waals surface area contributed by atoms with Crippen molar-refractivity contribution < 1.29 is 30.3 Å². The predicted molar refractivity (Wildman–Crippen MR) is 93.1 cm³/mol. The van der Waals surface area contributed by atoms with E-state index >= 15 is 0 Å². The van der Waals surface area contributed by atoms with E-state index in [9.17, 15) is 0 Å². The largest absolute Gasteiger partial charge is 0.393 e. The summed E-state index contributed by atoms with van der Waals surface area (Å²) in [7, 11) is 0. The van der Waals surface area contributed by atoms with Gasteiger partial charge in [-0.3, -0.25) is 4.98 Å². The Morgan fingerprint density at radius 1 is 1.08 bits per heavy atom. The Hall–Kier alpha value is -1.13. The van der Waals surface area contributed by atoms with E-state index in [0.29, 0.717) is 12.3 Å². The minimum atomic E-state index is -0.375. The third kappa shape index (κ3) is 8.11. The van der Waals surface area contributed by atoms with Crippen molar-refractivity contribution in [2.45, 2.75) is 59.2 Å². The van der Waals surface area contributed by atoms with Gasteiger partial charge in [-0.1, -0.05) is 13.8 Å². The van der Waals surface area contributed by atoms with Crippen LogP contribution in [0, 0.1) is 13.0 Å². The first kappa shape index (κ1) is 22.9. The zero-order valence-electron chi connectivity index (χ0n) is 14.9. The maximum Gasteiger partial charge on any atom is 0.0596 e. The van der Waals surface area contributed by atoms with Gasteiger partial charge < -0.3 is 15.2 Å². The van der Waals surface area contributed by atoms with E-state index < -0.39 is 0 Å². The molecule has 2 rings (SSSR count). The van der Waals surface area contributed by atoms with Crippen LogP contribution in [0.1, 0.15) is 51.4 Å². The van der Waals surface area contributed by atoms with E-state index in [1.807, 2.05) is 37.4 Å². The molecular weight excluding hydrogens is 480 g/mol. The molecule has 4 nitrogen and oxygen atoms in total. The van der Waals surface area contributed by atoms with Crippen LogP contribution in [0.5, 0.6) is 0 Å². The molecule has 2 N–H and O–H groups in total. The number of rotatable bonds is 4. The van der Waals surface area contributed by atoms with E-state index in [4.69, 9.17) is 10.2 Å². The molecule has 0 bridgehead atoms. The quantitative estimate of drug-likeness (QED) is 0.622. The van der Waals surface area contributed by atoms with Crippen LogP contribution in [-0.2, 0) is 20.1 Å². The number of aliphatic hydroxyl groups is 2. The molecule has 1 aromatic carbocycles.